The third kappa shape index (κ3) is 2.43. The van der Waals surface area contributed by atoms with Gasteiger partial charge in [0.2, 0.25) is 0 Å². The lowest BCUT2D eigenvalue weighted by Crippen LogP contribution is -2.38. The van der Waals surface area contributed by atoms with Gasteiger partial charge in [0.1, 0.15) is 5.69 Å². The number of thiophene rings is 1. The van der Waals surface area contributed by atoms with Crippen LogP contribution in [0.15, 0.2) is 35.8 Å². The van der Waals surface area contributed by atoms with Crippen LogP contribution in [0.5, 0.6) is 0 Å². The van der Waals surface area contributed by atoms with Gasteiger partial charge < -0.3 is 5.32 Å². The van der Waals surface area contributed by atoms with Crippen molar-refractivity contribution in [1.82, 2.24) is 15.2 Å². The minimum Gasteiger partial charge on any atom is -0.350 e. The molecule has 6 nitrogen and oxygen atoms in total. The van der Waals surface area contributed by atoms with E-state index in [-0.39, 0.29) is 30.6 Å². The van der Waals surface area contributed by atoms with E-state index in [9.17, 15) is 14.4 Å². The van der Waals surface area contributed by atoms with Gasteiger partial charge in [0.25, 0.3) is 17.7 Å². The third-order valence-electron chi connectivity index (χ3n) is 3.10. The van der Waals surface area contributed by atoms with Crippen molar-refractivity contribution in [1.29, 1.82) is 0 Å². The van der Waals surface area contributed by atoms with Crippen LogP contribution in [-0.2, 0) is 0 Å². The highest BCUT2D eigenvalue weighted by atomic mass is 32.1. The average Bonchev–Trinajstić information content (AvgIpc) is 3.11. The molecule has 1 aliphatic rings. The van der Waals surface area contributed by atoms with Gasteiger partial charge >= 0.3 is 0 Å². The summed E-state index contributed by atoms with van der Waals surface area (Å²) in [6.07, 6.45) is 1.48. The van der Waals surface area contributed by atoms with Crippen LogP contribution < -0.4 is 5.32 Å². The Kier molecular flexibility index (Phi) is 3.49. The molecule has 3 rings (SSSR count). The van der Waals surface area contributed by atoms with Crippen LogP contribution >= 0.6 is 11.3 Å². The largest absolute Gasteiger partial charge is 0.350 e. The maximum Gasteiger partial charge on any atom is 0.280 e. The van der Waals surface area contributed by atoms with Gasteiger partial charge in [-0.05, 0) is 23.6 Å². The van der Waals surface area contributed by atoms with Gasteiger partial charge in [0, 0.05) is 19.3 Å². The molecule has 0 unspecified atom stereocenters. The predicted octanol–water partition coefficient (Wildman–Crippen LogP) is 1.17. The topological polar surface area (TPSA) is 79.4 Å². The SMILES string of the molecule is O=C(NCCN1C(=O)c2cccnc2C1=O)c1cccs1. The number of amides is 3. The highest BCUT2D eigenvalue weighted by Crippen LogP contribution is 2.19. The number of imide groups is 1. The van der Waals surface area contributed by atoms with Crippen molar-refractivity contribution in [2.75, 3.05) is 13.1 Å². The van der Waals surface area contributed by atoms with Gasteiger partial charge in [0.05, 0.1) is 10.4 Å². The molecule has 3 heterocycles. The lowest BCUT2D eigenvalue weighted by Gasteiger charge is -2.13. The Hall–Kier alpha value is -2.54. The molecule has 21 heavy (non-hydrogen) atoms. The Balaban J connectivity index is 1.61. The zero-order chi connectivity index (χ0) is 14.8. The summed E-state index contributed by atoms with van der Waals surface area (Å²) < 4.78 is 0. The maximum atomic E-state index is 12.1. The van der Waals surface area contributed by atoms with Gasteiger partial charge in [-0.25, -0.2) is 0 Å². The van der Waals surface area contributed by atoms with Crippen molar-refractivity contribution in [2.45, 2.75) is 0 Å². The summed E-state index contributed by atoms with van der Waals surface area (Å²) in [6.45, 7) is 0.341. The molecule has 7 heteroatoms. The molecule has 3 amide bonds. The van der Waals surface area contributed by atoms with E-state index >= 15 is 0 Å². The molecule has 2 aromatic rings. The number of rotatable bonds is 4. The number of carbonyl (C=O) groups excluding carboxylic acids is 3. The summed E-state index contributed by atoms with van der Waals surface area (Å²) in [6, 6.07) is 6.69. The fourth-order valence-corrected chi connectivity index (χ4v) is 2.73. The quantitative estimate of drug-likeness (QED) is 0.860. The van der Waals surface area contributed by atoms with E-state index in [1.165, 1.54) is 17.5 Å². The fourth-order valence-electron chi connectivity index (χ4n) is 2.09. The molecule has 2 aromatic heterocycles. The lowest BCUT2D eigenvalue weighted by molar-refractivity contribution is 0.0648. The number of carbonyl (C=O) groups is 3. The third-order valence-corrected chi connectivity index (χ3v) is 3.97. The molecular formula is C14H11N3O3S. The van der Waals surface area contributed by atoms with E-state index in [0.29, 0.717) is 10.4 Å². The summed E-state index contributed by atoms with van der Waals surface area (Å²) in [5, 5.41) is 4.50. The average molecular weight is 301 g/mol. The second kappa shape index (κ2) is 5.45. The van der Waals surface area contributed by atoms with Gasteiger partial charge in [0.15, 0.2) is 0 Å². The summed E-state index contributed by atoms with van der Waals surface area (Å²) in [4.78, 5) is 41.5. The number of pyridine rings is 1. The van der Waals surface area contributed by atoms with Crippen molar-refractivity contribution in [3.05, 3.63) is 52.0 Å². The molecule has 0 bridgehead atoms. The second-order valence-corrected chi connectivity index (χ2v) is 5.34. The Bertz CT molecular complexity index is 677. The Morgan fingerprint density at radius 1 is 1.24 bits per heavy atom. The highest BCUT2D eigenvalue weighted by molar-refractivity contribution is 7.12. The molecule has 0 aliphatic carbocycles. The first-order valence-electron chi connectivity index (χ1n) is 6.31. The first kappa shape index (κ1) is 13.4. The maximum absolute atomic E-state index is 12.1. The number of nitrogens with zero attached hydrogens (tertiary/aromatic N) is 2. The highest BCUT2D eigenvalue weighted by Gasteiger charge is 2.36. The van der Waals surface area contributed by atoms with Crippen LogP contribution in [0.2, 0.25) is 0 Å². The van der Waals surface area contributed by atoms with Crippen molar-refractivity contribution in [2.24, 2.45) is 0 Å². The van der Waals surface area contributed by atoms with Crippen molar-refractivity contribution in [3.8, 4) is 0 Å². The minimum atomic E-state index is -0.416. The molecule has 106 valence electrons. The number of fused-ring (bicyclic) bond motifs is 1. The van der Waals surface area contributed by atoms with Gasteiger partial charge in [-0.1, -0.05) is 6.07 Å². The van der Waals surface area contributed by atoms with Crippen LogP contribution in [0, 0.1) is 0 Å². The number of aromatic nitrogens is 1. The summed E-state index contributed by atoms with van der Waals surface area (Å²) in [5.41, 5.74) is 0.485. The van der Waals surface area contributed by atoms with Crippen LogP contribution in [0.3, 0.4) is 0 Å². The van der Waals surface area contributed by atoms with Crippen molar-refractivity contribution in [3.63, 3.8) is 0 Å². The van der Waals surface area contributed by atoms with E-state index in [2.05, 4.69) is 10.3 Å². The molecule has 0 saturated carbocycles. The first-order valence-corrected chi connectivity index (χ1v) is 7.19. The van der Waals surface area contributed by atoms with Gasteiger partial charge in [-0.15, -0.1) is 11.3 Å². The zero-order valence-corrected chi connectivity index (χ0v) is 11.7. The molecule has 1 N–H and O–H groups in total. The molecule has 0 saturated heterocycles. The summed E-state index contributed by atoms with van der Waals surface area (Å²) >= 11 is 1.34. The van der Waals surface area contributed by atoms with E-state index in [4.69, 9.17) is 0 Å². The van der Waals surface area contributed by atoms with Crippen molar-refractivity contribution < 1.29 is 14.4 Å². The van der Waals surface area contributed by atoms with Crippen molar-refractivity contribution >= 4 is 29.1 Å². The predicted molar refractivity (Wildman–Crippen MR) is 76.3 cm³/mol. The summed E-state index contributed by atoms with van der Waals surface area (Å²) in [7, 11) is 0. The Morgan fingerprint density at radius 3 is 2.81 bits per heavy atom. The molecule has 1 aliphatic heterocycles. The van der Waals surface area contributed by atoms with Gasteiger partial charge in [-0.2, -0.15) is 0 Å². The standard InChI is InChI=1S/C14H11N3O3S/c18-12(10-4-2-8-21-10)16-6-7-17-13(19)9-3-1-5-15-11(9)14(17)20/h1-5,8H,6-7H2,(H,16,18). The Labute approximate surface area is 124 Å². The molecule has 0 atom stereocenters. The monoisotopic (exact) mass is 301 g/mol. The van der Waals surface area contributed by atoms with Crippen LogP contribution in [0.4, 0.5) is 0 Å². The van der Waals surface area contributed by atoms with Crippen LogP contribution in [0.25, 0.3) is 0 Å². The lowest BCUT2D eigenvalue weighted by atomic mass is 10.2. The van der Waals surface area contributed by atoms with Gasteiger partial charge in [-0.3, -0.25) is 24.3 Å². The molecule has 0 spiro atoms. The molecule has 0 radical (unpaired) electrons. The Morgan fingerprint density at radius 2 is 2.10 bits per heavy atom. The molecular weight excluding hydrogens is 290 g/mol. The smallest absolute Gasteiger partial charge is 0.280 e. The first-order chi connectivity index (χ1) is 10.2. The van der Waals surface area contributed by atoms with Crippen LogP contribution in [-0.4, -0.2) is 40.7 Å². The number of hydrogen-bond acceptors (Lipinski definition) is 5. The van der Waals surface area contributed by atoms with Crippen LogP contribution in [0.1, 0.15) is 30.5 Å². The zero-order valence-electron chi connectivity index (χ0n) is 10.9. The second-order valence-electron chi connectivity index (χ2n) is 4.39. The van der Waals surface area contributed by atoms with E-state index in [1.54, 1.807) is 24.3 Å². The van der Waals surface area contributed by atoms with E-state index < -0.39 is 5.91 Å². The normalized spacial score (nSPS) is 13.4. The fraction of sp³-hybridized carbons (Fsp3) is 0.143. The molecule has 0 fully saturated rings. The molecule has 0 aromatic carbocycles. The summed E-state index contributed by atoms with van der Waals surface area (Å²) in [5.74, 6) is -0.992. The number of hydrogen-bond donors (Lipinski definition) is 1. The van der Waals surface area contributed by atoms with E-state index in [1.807, 2.05) is 5.38 Å². The van der Waals surface area contributed by atoms with E-state index in [0.717, 1.165) is 4.90 Å². The number of nitrogens with one attached hydrogen (secondary N) is 1. The minimum absolute atomic E-state index is 0.130.